The van der Waals surface area contributed by atoms with Gasteiger partial charge >= 0.3 is 0 Å². The fourth-order valence-corrected chi connectivity index (χ4v) is 3.93. The maximum Gasteiger partial charge on any atom is 0.242 e. The van der Waals surface area contributed by atoms with Crippen LogP contribution in [0.3, 0.4) is 0 Å². The van der Waals surface area contributed by atoms with Crippen LogP contribution in [0, 0.1) is 12.8 Å². The van der Waals surface area contributed by atoms with Gasteiger partial charge in [-0.05, 0) is 50.4 Å². The van der Waals surface area contributed by atoms with Crippen molar-refractivity contribution >= 4 is 34.0 Å². The average Bonchev–Trinajstić information content (AvgIpc) is 2.41. The van der Waals surface area contributed by atoms with Crippen molar-refractivity contribution in [1.82, 2.24) is 10.0 Å². The first-order valence-electron chi connectivity index (χ1n) is 6.46. The van der Waals surface area contributed by atoms with E-state index in [4.69, 9.17) is 11.6 Å². The van der Waals surface area contributed by atoms with Gasteiger partial charge in [0.05, 0.1) is 5.02 Å². The number of aryl methyl sites for hydroxylation is 1. The highest BCUT2D eigenvalue weighted by molar-refractivity contribution is 7.89. The van der Waals surface area contributed by atoms with E-state index in [0.717, 1.165) is 31.5 Å². The lowest BCUT2D eigenvalue weighted by molar-refractivity contribution is 0.376. The molecule has 0 amide bonds. The van der Waals surface area contributed by atoms with Gasteiger partial charge < -0.3 is 5.32 Å². The molecule has 0 spiro atoms. The molecule has 0 aromatic heterocycles. The van der Waals surface area contributed by atoms with Crippen LogP contribution < -0.4 is 10.0 Å². The van der Waals surface area contributed by atoms with Crippen LogP contribution in [-0.4, -0.2) is 28.1 Å². The standard InChI is InChI=1S/C13H19ClN2O2S.ClH/c1-10-4-2-6-12(13(10)14)19(17,18)16-9-11-5-3-7-15-8-11;/h2,4,6,11,15-16H,3,5,7-9H2,1H3;1H. The first-order chi connectivity index (χ1) is 9.00. The van der Waals surface area contributed by atoms with E-state index in [1.165, 1.54) is 6.07 Å². The van der Waals surface area contributed by atoms with Crippen LogP contribution in [0.1, 0.15) is 18.4 Å². The zero-order chi connectivity index (χ0) is 13.9. The van der Waals surface area contributed by atoms with E-state index >= 15 is 0 Å². The maximum atomic E-state index is 12.2. The molecule has 1 aliphatic rings. The van der Waals surface area contributed by atoms with E-state index in [1.54, 1.807) is 19.1 Å². The highest BCUT2D eigenvalue weighted by Gasteiger charge is 2.21. The lowest BCUT2D eigenvalue weighted by atomic mass is 10.0. The summed E-state index contributed by atoms with van der Waals surface area (Å²) >= 11 is 6.07. The number of hydrogen-bond acceptors (Lipinski definition) is 3. The highest BCUT2D eigenvalue weighted by atomic mass is 35.5. The van der Waals surface area contributed by atoms with Crippen LogP contribution in [-0.2, 0) is 10.0 Å². The third-order valence-electron chi connectivity index (χ3n) is 3.41. The van der Waals surface area contributed by atoms with Gasteiger partial charge in [0.2, 0.25) is 10.0 Å². The Morgan fingerprint density at radius 3 is 2.85 bits per heavy atom. The Hall–Kier alpha value is -0.330. The van der Waals surface area contributed by atoms with Crippen LogP contribution in [0.25, 0.3) is 0 Å². The van der Waals surface area contributed by atoms with Gasteiger partial charge in [-0.1, -0.05) is 23.7 Å². The van der Waals surface area contributed by atoms with Gasteiger partial charge in [-0.2, -0.15) is 0 Å². The molecule has 0 bridgehead atoms. The normalized spacial score (nSPS) is 19.4. The molecule has 1 heterocycles. The second-order valence-electron chi connectivity index (χ2n) is 4.95. The maximum absolute atomic E-state index is 12.2. The summed E-state index contributed by atoms with van der Waals surface area (Å²) in [5.74, 6) is 0.354. The van der Waals surface area contributed by atoms with Gasteiger partial charge in [-0.3, -0.25) is 0 Å². The molecule has 20 heavy (non-hydrogen) atoms. The fourth-order valence-electron chi connectivity index (χ4n) is 2.23. The third-order valence-corrected chi connectivity index (χ3v) is 5.49. The van der Waals surface area contributed by atoms with Crippen molar-refractivity contribution in [2.24, 2.45) is 5.92 Å². The molecule has 0 saturated carbocycles. The molecule has 1 atom stereocenters. The molecule has 114 valence electrons. The van der Waals surface area contributed by atoms with E-state index in [2.05, 4.69) is 10.0 Å². The minimum atomic E-state index is -3.52. The van der Waals surface area contributed by atoms with Crippen LogP contribution in [0.5, 0.6) is 0 Å². The third kappa shape index (κ3) is 4.33. The van der Waals surface area contributed by atoms with Crippen molar-refractivity contribution in [3.05, 3.63) is 28.8 Å². The average molecular weight is 339 g/mol. The Morgan fingerprint density at radius 2 is 2.20 bits per heavy atom. The van der Waals surface area contributed by atoms with Gasteiger partial charge in [0.25, 0.3) is 0 Å². The minimum absolute atomic E-state index is 0. The fraction of sp³-hybridized carbons (Fsp3) is 0.538. The van der Waals surface area contributed by atoms with Gasteiger partial charge in [0.15, 0.2) is 0 Å². The van der Waals surface area contributed by atoms with Crippen molar-refractivity contribution in [2.45, 2.75) is 24.7 Å². The largest absolute Gasteiger partial charge is 0.316 e. The minimum Gasteiger partial charge on any atom is -0.316 e. The first-order valence-corrected chi connectivity index (χ1v) is 8.32. The summed E-state index contributed by atoms with van der Waals surface area (Å²) in [4.78, 5) is 0.165. The molecule has 1 saturated heterocycles. The summed E-state index contributed by atoms with van der Waals surface area (Å²) in [5, 5.41) is 3.57. The zero-order valence-electron chi connectivity index (χ0n) is 11.4. The summed E-state index contributed by atoms with van der Waals surface area (Å²) in [6.45, 7) is 4.14. The molecular weight excluding hydrogens is 319 g/mol. The smallest absolute Gasteiger partial charge is 0.242 e. The van der Waals surface area contributed by atoms with Gasteiger partial charge in [0, 0.05) is 6.54 Å². The zero-order valence-corrected chi connectivity index (χ0v) is 13.7. The topological polar surface area (TPSA) is 58.2 Å². The number of benzene rings is 1. The molecule has 1 aromatic rings. The summed E-state index contributed by atoms with van der Waals surface area (Å²) in [5.41, 5.74) is 0.767. The first kappa shape index (κ1) is 17.7. The van der Waals surface area contributed by atoms with Gasteiger partial charge in [-0.25, -0.2) is 13.1 Å². The predicted octanol–water partition coefficient (Wildman–Crippen LogP) is 2.35. The number of sulfonamides is 1. The van der Waals surface area contributed by atoms with Crippen LogP contribution in [0.2, 0.25) is 5.02 Å². The monoisotopic (exact) mass is 338 g/mol. The molecule has 7 heteroatoms. The predicted molar refractivity (Wildman–Crippen MR) is 84.2 cm³/mol. The molecule has 1 unspecified atom stereocenters. The van der Waals surface area contributed by atoms with Crippen molar-refractivity contribution < 1.29 is 8.42 Å². The molecule has 2 rings (SSSR count). The summed E-state index contributed by atoms with van der Waals surface area (Å²) in [7, 11) is -3.52. The second-order valence-corrected chi connectivity index (χ2v) is 7.06. The number of hydrogen-bond donors (Lipinski definition) is 2. The highest BCUT2D eigenvalue weighted by Crippen LogP contribution is 2.24. The molecule has 0 radical (unpaired) electrons. The van der Waals surface area contributed by atoms with E-state index in [9.17, 15) is 8.42 Å². The summed E-state index contributed by atoms with van der Waals surface area (Å²) < 4.78 is 27.1. The Kier molecular flexibility index (Phi) is 6.75. The van der Waals surface area contributed by atoms with E-state index in [1.807, 2.05) is 0 Å². The Labute approximate surface area is 131 Å². The number of rotatable bonds is 4. The van der Waals surface area contributed by atoms with Crippen molar-refractivity contribution in [3.8, 4) is 0 Å². The van der Waals surface area contributed by atoms with Crippen molar-refractivity contribution in [3.63, 3.8) is 0 Å². The summed E-state index contributed by atoms with van der Waals surface area (Å²) in [6, 6.07) is 5.04. The Balaban J connectivity index is 0.00000200. The van der Waals surface area contributed by atoms with Crippen molar-refractivity contribution in [2.75, 3.05) is 19.6 Å². The van der Waals surface area contributed by atoms with E-state index in [0.29, 0.717) is 17.5 Å². The lowest BCUT2D eigenvalue weighted by Crippen LogP contribution is -2.38. The van der Waals surface area contributed by atoms with Gasteiger partial charge in [0.1, 0.15) is 4.90 Å². The molecular formula is C13H20Cl2N2O2S. The SMILES string of the molecule is Cc1cccc(S(=O)(=O)NCC2CCCNC2)c1Cl.Cl. The lowest BCUT2D eigenvalue weighted by Gasteiger charge is -2.23. The summed E-state index contributed by atoms with van der Waals surface area (Å²) in [6.07, 6.45) is 2.15. The second kappa shape index (κ2) is 7.61. The van der Waals surface area contributed by atoms with E-state index < -0.39 is 10.0 Å². The van der Waals surface area contributed by atoms with Crippen LogP contribution in [0.4, 0.5) is 0 Å². The molecule has 1 fully saturated rings. The molecule has 1 aliphatic heterocycles. The molecule has 0 aliphatic carbocycles. The Bertz CT molecular complexity index is 543. The quantitative estimate of drug-likeness (QED) is 0.885. The Morgan fingerprint density at radius 1 is 1.45 bits per heavy atom. The molecule has 2 N–H and O–H groups in total. The number of piperidine rings is 1. The number of halogens is 2. The van der Waals surface area contributed by atoms with Crippen LogP contribution in [0.15, 0.2) is 23.1 Å². The molecule has 1 aromatic carbocycles. The number of nitrogens with one attached hydrogen (secondary N) is 2. The van der Waals surface area contributed by atoms with Crippen molar-refractivity contribution in [1.29, 1.82) is 0 Å². The van der Waals surface area contributed by atoms with Gasteiger partial charge in [-0.15, -0.1) is 12.4 Å². The molecule has 4 nitrogen and oxygen atoms in total. The van der Waals surface area contributed by atoms with Crippen LogP contribution >= 0.6 is 24.0 Å². The van der Waals surface area contributed by atoms with E-state index in [-0.39, 0.29) is 17.3 Å².